The van der Waals surface area contributed by atoms with E-state index in [4.69, 9.17) is 16.9 Å². The Hall–Kier alpha value is -4.84. The molecule has 2 N–H and O–H groups in total. The summed E-state index contributed by atoms with van der Waals surface area (Å²) in [6.45, 7) is 3.65. The highest BCUT2D eigenvalue weighted by Gasteiger charge is 2.24. The lowest BCUT2D eigenvalue weighted by Crippen LogP contribution is -2.01. The maximum absolute atomic E-state index is 14.7. The highest BCUT2D eigenvalue weighted by molar-refractivity contribution is 6.07. The third-order valence-corrected chi connectivity index (χ3v) is 5.68. The van der Waals surface area contributed by atoms with Crippen LogP contribution in [0.4, 0.5) is 10.2 Å². The molecule has 0 radical (unpaired) electrons. The van der Waals surface area contributed by atoms with Crippen molar-refractivity contribution in [1.29, 1.82) is 0 Å². The first-order valence-corrected chi connectivity index (χ1v) is 10.7. The second-order valence-corrected chi connectivity index (χ2v) is 7.94. The Morgan fingerprint density at radius 1 is 1.06 bits per heavy atom. The monoisotopic (exact) mass is 465 g/mol. The third kappa shape index (κ3) is 3.81. The zero-order valence-corrected chi connectivity index (χ0v) is 19.2. The van der Waals surface area contributed by atoms with Gasteiger partial charge in [0.2, 0.25) is 0 Å². The van der Waals surface area contributed by atoms with Crippen molar-refractivity contribution in [3.8, 4) is 46.5 Å². The molecule has 0 aliphatic heterocycles. The van der Waals surface area contributed by atoms with E-state index in [1.165, 1.54) is 12.4 Å². The molecule has 5 rings (SSSR count). The van der Waals surface area contributed by atoms with Gasteiger partial charge in [-0.3, -0.25) is 0 Å². The van der Waals surface area contributed by atoms with E-state index in [9.17, 15) is 4.39 Å². The van der Waals surface area contributed by atoms with Crippen molar-refractivity contribution in [3.05, 3.63) is 71.8 Å². The molecule has 0 saturated carbocycles. The molecule has 0 aliphatic carbocycles. The number of pyridine rings is 1. The van der Waals surface area contributed by atoms with Gasteiger partial charge in [0, 0.05) is 35.8 Å². The molecule has 0 bridgehead atoms. The van der Waals surface area contributed by atoms with Gasteiger partial charge in [-0.25, -0.2) is 29.3 Å². The zero-order valence-electron chi connectivity index (χ0n) is 19.2. The third-order valence-electron chi connectivity index (χ3n) is 5.68. The average Bonchev–Trinajstić information content (AvgIpc) is 3.14. The van der Waals surface area contributed by atoms with E-state index in [2.05, 4.69) is 30.8 Å². The van der Waals surface area contributed by atoms with Gasteiger partial charge in [0.1, 0.15) is 29.2 Å². The number of benzene rings is 1. The van der Waals surface area contributed by atoms with E-state index in [0.717, 1.165) is 16.8 Å². The minimum Gasteiger partial charge on any atom is -0.424 e. The van der Waals surface area contributed by atoms with Crippen LogP contribution in [0.3, 0.4) is 0 Å². The molecule has 8 nitrogen and oxygen atoms in total. The molecule has 35 heavy (non-hydrogen) atoms. The largest absolute Gasteiger partial charge is 0.424 e. The number of rotatable bonds is 4. The van der Waals surface area contributed by atoms with E-state index in [1.807, 2.05) is 30.7 Å². The summed E-state index contributed by atoms with van der Waals surface area (Å²) in [5, 5.41) is 0.654. The van der Waals surface area contributed by atoms with Gasteiger partial charge < -0.3 is 15.0 Å². The van der Waals surface area contributed by atoms with Crippen LogP contribution in [-0.2, 0) is 7.05 Å². The second-order valence-electron chi connectivity index (χ2n) is 7.94. The summed E-state index contributed by atoms with van der Waals surface area (Å²) in [7, 11) is 1.84. The lowest BCUT2D eigenvalue weighted by molar-refractivity contribution is 0.440. The quantitative estimate of drug-likeness (QED) is 0.387. The summed E-state index contributed by atoms with van der Waals surface area (Å²) in [6, 6.07) is 10.8. The predicted octanol–water partition coefficient (Wildman–Crippen LogP) is 4.60. The van der Waals surface area contributed by atoms with Gasteiger partial charge in [-0.05, 0) is 49.6 Å². The summed E-state index contributed by atoms with van der Waals surface area (Å²) in [4.78, 5) is 21.3. The highest BCUT2D eigenvalue weighted by Crippen LogP contribution is 2.42. The number of aryl methyl sites for hydroxylation is 3. The van der Waals surface area contributed by atoms with Crippen molar-refractivity contribution in [2.24, 2.45) is 7.05 Å². The van der Waals surface area contributed by atoms with Crippen molar-refractivity contribution < 1.29 is 9.13 Å². The molecular formula is C26H20FN7O. The molecule has 0 unspecified atom stereocenters. The fraction of sp³-hybridized carbons (Fsp3) is 0.115. The van der Waals surface area contributed by atoms with E-state index in [1.54, 1.807) is 31.3 Å². The summed E-state index contributed by atoms with van der Waals surface area (Å²) in [5.41, 5.74) is 11.1. The number of terminal acetylenes is 1. The number of ether oxygens (including phenoxy) is 1. The van der Waals surface area contributed by atoms with Crippen molar-refractivity contribution in [3.63, 3.8) is 0 Å². The number of fused-ring (bicyclic) bond motifs is 1. The van der Waals surface area contributed by atoms with Crippen LogP contribution in [0.15, 0.2) is 48.9 Å². The number of nitrogens with zero attached hydrogens (tertiary/aromatic N) is 6. The van der Waals surface area contributed by atoms with Crippen LogP contribution in [0.1, 0.15) is 17.1 Å². The molecule has 0 spiro atoms. The first-order chi connectivity index (χ1) is 16.9. The number of nitrogens with two attached hydrogens (primary N) is 1. The van der Waals surface area contributed by atoms with Gasteiger partial charge in [0.15, 0.2) is 5.82 Å². The molecule has 1 aromatic carbocycles. The first kappa shape index (κ1) is 22.0. The number of hydrogen-bond donors (Lipinski definition) is 1. The van der Waals surface area contributed by atoms with E-state index < -0.39 is 5.82 Å². The van der Waals surface area contributed by atoms with Gasteiger partial charge in [-0.2, -0.15) is 0 Å². The highest BCUT2D eigenvalue weighted by atomic mass is 19.1. The maximum Gasteiger partial charge on any atom is 0.322 e. The van der Waals surface area contributed by atoms with Gasteiger partial charge in [0.05, 0.1) is 11.1 Å². The van der Waals surface area contributed by atoms with Crippen molar-refractivity contribution in [1.82, 2.24) is 29.5 Å². The second kappa shape index (κ2) is 8.50. The lowest BCUT2D eigenvalue weighted by atomic mass is 9.97. The van der Waals surface area contributed by atoms with Crippen LogP contribution in [0.5, 0.6) is 11.8 Å². The average molecular weight is 465 g/mol. The maximum atomic E-state index is 14.7. The van der Waals surface area contributed by atoms with Crippen molar-refractivity contribution in [2.45, 2.75) is 13.8 Å². The summed E-state index contributed by atoms with van der Waals surface area (Å²) in [6.07, 6.45) is 8.44. The Morgan fingerprint density at radius 3 is 2.54 bits per heavy atom. The molecule has 0 saturated heterocycles. The Labute approximate surface area is 200 Å². The van der Waals surface area contributed by atoms with Crippen LogP contribution < -0.4 is 10.5 Å². The Balaban J connectivity index is 1.69. The molecule has 9 heteroatoms. The normalized spacial score (nSPS) is 10.9. The Bertz CT molecular complexity index is 1640. The number of aromatic nitrogens is 6. The van der Waals surface area contributed by atoms with Gasteiger partial charge >= 0.3 is 6.01 Å². The van der Waals surface area contributed by atoms with Crippen LogP contribution >= 0.6 is 0 Å². The number of nitrogen functional groups attached to an aromatic ring is 1. The van der Waals surface area contributed by atoms with Crippen LogP contribution in [0.2, 0.25) is 0 Å². The van der Waals surface area contributed by atoms with E-state index in [-0.39, 0.29) is 11.7 Å². The van der Waals surface area contributed by atoms with Gasteiger partial charge in [0.25, 0.3) is 0 Å². The van der Waals surface area contributed by atoms with Crippen LogP contribution in [-0.4, -0.2) is 29.5 Å². The van der Waals surface area contributed by atoms with Gasteiger partial charge in [-0.15, -0.1) is 6.42 Å². The molecule has 0 amide bonds. The molecule has 5 aromatic rings. The minimum atomic E-state index is -0.578. The van der Waals surface area contributed by atoms with Crippen molar-refractivity contribution in [2.75, 3.05) is 5.73 Å². The van der Waals surface area contributed by atoms with E-state index in [0.29, 0.717) is 39.6 Å². The van der Waals surface area contributed by atoms with Crippen LogP contribution in [0, 0.1) is 32.0 Å². The lowest BCUT2D eigenvalue weighted by Gasteiger charge is -2.12. The van der Waals surface area contributed by atoms with E-state index >= 15 is 0 Å². The van der Waals surface area contributed by atoms with Crippen molar-refractivity contribution >= 4 is 16.9 Å². The Morgan fingerprint density at radius 2 is 1.83 bits per heavy atom. The molecule has 4 aromatic heterocycles. The first-order valence-electron chi connectivity index (χ1n) is 10.7. The predicted molar refractivity (Wildman–Crippen MR) is 131 cm³/mol. The van der Waals surface area contributed by atoms with Crippen LogP contribution in [0.25, 0.3) is 33.4 Å². The molecule has 4 heterocycles. The molecule has 0 aliphatic rings. The number of hydrogen-bond acceptors (Lipinski definition) is 7. The zero-order chi connectivity index (χ0) is 24.7. The standard InChI is InChI=1S/C26H20FN7O/c1-5-20-19(27)12-18(15(3)33-20)23-21(22-24(28)30-13-31-25(22)34(23)4)16-6-8-17(9-7-16)35-26-29-11-10-14(2)32-26/h1,6-13H,2-4H3,(H2,28,30,31). The number of halogens is 1. The fourth-order valence-corrected chi connectivity index (χ4v) is 4.06. The molecule has 172 valence electrons. The molecule has 0 fully saturated rings. The Kier molecular flexibility index (Phi) is 5.34. The summed E-state index contributed by atoms with van der Waals surface area (Å²) >= 11 is 0. The topological polar surface area (TPSA) is 105 Å². The van der Waals surface area contributed by atoms with Gasteiger partial charge in [-0.1, -0.05) is 12.1 Å². The molecule has 0 atom stereocenters. The minimum absolute atomic E-state index is 0.0364. The summed E-state index contributed by atoms with van der Waals surface area (Å²) < 4.78 is 22.4. The number of anilines is 1. The SMILES string of the molecule is C#Cc1nc(C)c(-c2c(-c3ccc(Oc4nccc(C)n4)cc3)c3c(N)ncnc3n2C)cc1F. The summed E-state index contributed by atoms with van der Waals surface area (Å²) in [5.74, 6) is 2.58. The smallest absolute Gasteiger partial charge is 0.322 e. The molecular weight excluding hydrogens is 445 g/mol. The fourth-order valence-electron chi connectivity index (χ4n) is 4.06.